The summed E-state index contributed by atoms with van der Waals surface area (Å²) >= 11 is 1.72. The Morgan fingerprint density at radius 2 is 1.94 bits per heavy atom. The minimum absolute atomic E-state index is 0.0278. The predicted octanol–water partition coefficient (Wildman–Crippen LogP) is 5.08. The molecule has 0 bridgehead atoms. The van der Waals surface area contributed by atoms with Crippen LogP contribution < -0.4 is 5.32 Å². The van der Waals surface area contributed by atoms with Crippen LogP contribution in [0.2, 0.25) is 0 Å². The van der Waals surface area contributed by atoms with Crippen molar-refractivity contribution in [2.45, 2.75) is 79.1 Å². The number of carbonyl (C=O) groups excluding carboxylic acids is 2. The number of aryl methyl sites for hydroxylation is 4. The first-order chi connectivity index (χ1) is 15.7. The Morgan fingerprint density at radius 3 is 2.64 bits per heavy atom. The van der Waals surface area contributed by atoms with Gasteiger partial charge in [-0.2, -0.15) is 0 Å². The number of aliphatic hydroxyl groups excluding tert-OH is 1. The SMILES string of the molecule is CCc1cc(CCC(=O)c2sc(C)c3c2C[C@@H]2[C@H]3C2(C)C)cc(C)c1CCC(=O)NCCO. The van der Waals surface area contributed by atoms with E-state index in [0.29, 0.717) is 42.9 Å². The third-order valence-electron chi connectivity index (χ3n) is 7.96. The molecule has 0 aliphatic heterocycles. The van der Waals surface area contributed by atoms with E-state index < -0.39 is 0 Å². The van der Waals surface area contributed by atoms with Crippen LogP contribution in [0.4, 0.5) is 0 Å². The molecular weight excluding hydrogens is 430 g/mol. The van der Waals surface area contributed by atoms with Crippen LogP contribution in [-0.2, 0) is 30.5 Å². The van der Waals surface area contributed by atoms with E-state index in [1.165, 1.54) is 38.3 Å². The van der Waals surface area contributed by atoms with Crippen molar-refractivity contribution in [2.75, 3.05) is 13.2 Å². The van der Waals surface area contributed by atoms with E-state index in [0.717, 1.165) is 30.1 Å². The lowest BCUT2D eigenvalue weighted by Gasteiger charge is -2.15. The molecule has 2 aliphatic rings. The number of carbonyl (C=O) groups is 2. The molecule has 1 fully saturated rings. The minimum atomic E-state index is -0.0363. The number of rotatable bonds is 10. The van der Waals surface area contributed by atoms with Gasteiger partial charge in [-0.25, -0.2) is 0 Å². The van der Waals surface area contributed by atoms with Gasteiger partial charge in [0.1, 0.15) is 0 Å². The van der Waals surface area contributed by atoms with Gasteiger partial charge < -0.3 is 10.4 Å². The van der Waals surface area contributed by atoms with Gasteiger partial charge in [-0.3, -0.25) is 9.59 Å². The summed E-state index contributed by atoms with van der Waals surface area (Å²) in [4.78, 5) is 27.5. The van der Waals surface area contributed by atoms with Crippen molar-refractivity contribution in [3.63, 3.8) is 0 Å². The average Bonchev–Trinajstić information content (AvgIpc) is 3.10. The van der Waals surface area contributed by atoms with Crippen molar-refractivity contribution < 1.29 is 14.7 Å². The molecular formula is C28H37NO3S. The molecule has 1 aromatic carbocycles. The smallest absolute Gasteiger partial charge is 0.220 e. The molecule has 0 radical (unpaired) electrons. The first-order valence-corrected chi connectivity index (χ1v) is 13.1. The van der Waals surface area contributed by atoms with E-state index >= 15 is 0 Å². The van der Waals surface area contributed by atoms with Gasteiger partial charge in [0.2, 0.25) is 5.91 Å². The number of nitrogens with one attached hydrogen (secondary N) is 1. The number of fused-ring (bicyclic) bond motifs is 3. The molecule has 2 aromatic rings. The van der Waals surface area contributed by atoms with Gasteiger partial charge in [0.25, 0.3) is 0 Å². The molecule has 1 aromatic heterocycles. The third-order valence-corrected chi connectivity index (χ3v) is 9.16. The third kappa shape index (κ3) is 4.54. The van der Waals surface area contributed by atoms with Crippen molar-refractivity contribution >= 4 is 23.0 Å². The summed E-state index contributed by atoms with van der Waals surface area (Å²) in [6, 6.07) is 4.41. The number of hydrogen-bond donors (Lipinski definition) is 2. The highest BCUT2D eigenvalue weighted by Crippen LogP contribution is 2.71. The fourth-order valence-corrected chi connectivity index (χ4v) is 7.24. The zero-order valence-electron chi connectivity index (χ0n) is 20.6. The molecule has 2 N–H and O–H groups in total. The second kappa shape index (κ2) is 9.34. The summed E-state index contributed by atoms with van der Waals surface area (Å²) in [5.74, 6) is 1.66. The molecule has 5 heteroatoms. The van der Waals surface area contributed by atoms with Crippen LogP contribution in [0.25, 0.3) is 0 Å². The fourth-order valence-electron chi connectivity index (χ4n) is 6.04. The van der Waals surface area contributed by atoms with Gasteiger partial charge in [-0.15, -0.1) is 11.3 Å². The molecule has 1 amide bonds. The summed E-state index contributed by atoms with van der Waals surface area (Å²) in [6.45, 7) is 11.4. The van der Waals surface area contributed by atoms with E-state index in [-0.39, 0.29) is 12.5 Å². The number of aliphatic hydroxyl groups is 1. The van der Waals surface area contributed by atoms with Crippen LogP contribution in [0.15, 0.2) is 12.1 Å². The zero-order valence-corrected chi connectivity index (χ0v) is 21.5. The largest absolute Gasteiger partial charge is 0.395 e. The molecule has 1 heterocycles. The summed E-state index contributed by atoms with van der Waals surface area (Å²) in [6.07, 6.45) is 4.42. The Hall–Kier alpha value is -1.98. The zero-order chi connectivity index (χ0) is 23.9. The number of ketones is 1. The maximum absolute atomic E-state index is 13.2. The second-order valence-electron chi connectivity index (χ2n) is 10.4. The van der Waals surface area contributed by atoms with E-state index in [1.54, 1.807) is 11.3 Å². The molecule has 4 rings (SSSR count). The first-order valence-electron chi connectivity index (χ1n) is 12.3. The summed E-state index contributed by atoms with van der Waals surface area (Å²) < 4.78 is 0. The maximum Gasteiger partial charge on any atom is 0.220 e. The van der Waals surface area contributed by atoms with E-state index in [4.69, 9.17) is 5.11 Å². The van der Waals surface area contributed by atoms with Crippen LogP contribution in [0.5, 0.6) is 0 Å². The van der Waals surface area contributed by atoms with Gasteiger partial charge in [0, 0.05) is 24.3 Å². The Balaban J connectivity index is 1.42. The number of thiophene rings is 1. The Bertz CT molecular complexity index is 1080. The molecule has 0 unspecified atom stereocenters. The average molecular weight is 468 g/mol. The molecule has 2 aliphatic carbocycles. The molecule has 0 saturated heterocycles. The van der Waals surface area contributed by atoms with Crippen LogP contribution in [0.3, 0.4) is 0 Å². The van der Waals surface area contributed by atoms with Crippen molar-refractivity contribution in [2.24, 2.45) is 11.3 Å². The van der Waals surface area contributed by atoms with Crippen molar-refractivity contribution in [1.82, 2.24) is 5.32 Å². The quantitative estimate of drug-likeness (QED) is 0.479. The summed E-state index contributed by atoms with van der Waals surface area (Å²) in [5.41, 5.74) is 8.17. The fraction of sp³-hybridized carbons (Fsp3) is 0.571. The van der Waals surface area contributed by atoms with E-state index in [2.05, 4.69) is 52.1 Å². The van der Waals surface area contributed by atoms with Gasteiger partial charge in [-0.05, 0) is 90.2 Å². The highest BCUT2D eigenvalue weighted by molar-refractivity contribution is 7.14. The lowest BCUT2D eigenvalue weighted by molar-refractivity contribution is -0.121. The molecule has 0 spiro atoms. The lowest BCUT2D eigenvalue weighted by atomic mass is 9.91. The van der Waals surface area contributed by atoms with Crippen molar-refractivity contribution in [3.05, 3.63) is 55.3 Å². The molecule has 33 heavy (non-hydrogen) atoms. The number of amides is 1. The molecule has 178 valence electrons. The van der Waals surface area contributed by atoms with Crippen molar-refractivity contribution in [1.29, 1.82) is 0 Å². The summed E-state index contributed by atoms with van der Waals surface area (Å²) in [7, 11) is 0. The monoisotopic (exact) mass is 467 g/mol. The van der Waals surface area contributed by atoms with Gasteiger partial charge in [0.05, 0.1) is 11.5 Å². The first kappa shape index (κ1) is 24.2. The van der Waals surface area contributed by atoms with Gasteiger partial charge in [-0.1, -0.05) is 32.9 Å². The predicted molar refractivity (Wildman–Crippen MR) is 134 cm³/mol. The van der Waals surface area contributed by atoms with Crippen LogP contribution in [0.1, 0.15) is 87.5 Å². The Kier molecular flexibility index (Phi) is 6.84. The van der Waals surface area contributed by atoms with Crippen LogP contribution in [0, 0.1) is 25.2 Å². The Morgan fingerprint density at radius 1 is 1.18 bits per heavy atom. The Labute approximate surface area is 201 Å². The van der Waals surface area contributed by atoms with E-state index in [9.17, 15) is 9.59 Å². The highest BCUT2D eigenvalue weighted by atomic mass is 32.1. The van der Waals surface area contributed by atoms with Gasteiger partial charge >= 0.3 is 0 Å². The molecule has 4 nitrogen and oxygen atoms in total. The topological polar surface area (TPSA) is 66.4 Å². The minimum Gasteiger partial charge on any atom is -0.395 e. The van der Waals surface area contributed by atoms with Gasteiger partial charge in [0.15, 0.2) is 5.78 Å². The lowest BCUT2D eigenvalue weighted by Crippen LogP contribution is -2.26. The normalized spacial score (nSPS) is 19.8. The molecule has 1 saturated carbocycles. The number of Topliss-reactive ketones (excluding diaryl/α,β-unsaturated/α-hetero) is 1. The van der Waals surface area contributed by atoms with Crippen LogP contribution >= 0.6 is 11.3 Å². The van der Waals surface area contributed by atoms with Crippen molar-refractivity contribution in [3.8, 4) is 0 Å². The maximum atomic E-state index is 13.2. The summed E-state index contributed by atoms with van der Waals surface area (Å²) in [5, 5.41) is 11.6. The number of benzene rings is 1. The molecule has 2 atom stereocenters. The standard InChI is InChI=1S/C28H37NO3S/c1-6-19-14-18(13-16(2)20(19)8-10-24(32)29-11-12-30)7-9-23(31)27-21-15-22-26(28(22,4)5)25(21)17(3)33-27/h13-14,22,26,30H,6-12,15H2,1-5H3,(H,29,32)/t22-,26-/m1/s1. The van der Waals surface area contributed by atoms with Crippen LogP contribution in [-0.4, -0.2) is 29.9 Å². The second-order valence-corrected chi connectivity index (χ2v) is 11.6. The van der Waals surface area contributed by atoms with E-state index in [1.807, 2.05) is 0 Å². The highest BCUT2D eigenvalue weighted by Gasteiger charge is 2.63. The number of hydrogen-bond acceptors (Lipinski definition) is 4.